The van der Waals surface area contributed by atoms with Crippen LogP contribution in [0.5, 0.6) is 0 Å². The van der Waals surface area contributed by atoms with Gasteiger partial charge in [-0.15, -0.1) is 0 Å². The number of piperidine rings is 1. The van der Waals surface area contributed by atoms with Crippen LogP contribution in [0, 0.1) is 6.92 Å². The van der Waals surface area contributed by atoms with Gasteiger partial charge in [-0.05, 0) is 31.9 Å². The third-order valence-electron chi connectivity index (χ3n) is 4.99. The Balaban J connectivity index is 1.39. The van der Waals surface area contributed by atoms with Gasteiger partial charge in [0.15, 0.2) is 0 Å². The second-order valence-corrected chi connectivity index (χ2v) is 6.59. The molecular weight excluding hydrogens is 328 g/mol. The molecule has 0 aliphatic carbocycles. The summed E-state index contributed by atoms with van der Waals surface area (Å²) in [4.78, 5) is 21.7. The van der Waals surface area contributed by atoms with Crippen molar-refractivity contribution in [2.45, 2.75) is 25.7 Å². The number of para-hydroxylation sites is 1. The zero-order chi connectivity index (χ0) is 17.9. The summed E-state index contributed by atoms with van der Waals surface area (Å²) in [6.07, 6.45) is 7.18. The van der Waals surface area contributed by atoms with Crippen molar-refractivity contribution in [2.24, 2.45) is 0 Å². The Labute approximate surface area is 152 Å². The molecule has 1 aliphatic rings. The number of aromatic amines is 1. The number of rotatable bonds is 3. The van der Waals surface area contributed by atoms with E-state index in [0.717, 1.165) is 48.7 Å². The van der Waals surface area contributed by atoms with Gasteiger partial charge in [-0.1, -0.05) is 18.2 Å². The highest BCUT2D eigenvalue weighted by Gasteiger charge is 2.25. The van der Waals surface area contributed by atoms with E-state index in [2.05, 4.69) is 20.4 Å². The van der Waals surface area contributed by atoms with Crippen molar-refractivity contribution in [1.29, 1.82) is 0 Å². The molecular formula is C19H22N6O. The number of urea groups is 1. The average Bonchev–Trinajstić information content (AvgIpc) is 3.34. The quantitative estimate of drug-likeness (QED) is 0.760. The number of likely N-dealkylation sites (tertiary alicyclic amines) is 1. The molecule has 0 unspecified atom stereocenters. The predicted octanol–water partition coefficient (Wildman–Crippen LogP) is 3.32. The first-order valence-electron chi connectivity index (χ1n) is 8.86. The molecule has 0 atom stereocenters. The van der Waals surface area contributed by atoms with E-state index < -0.39 is 0 Å². The molecule has 1 fully saturated rings. The monoisotopic (exact) mass is 350 g/mol. The van der Waals surface area contributed by atoms with Gasteiger partial charge in [0.25, 0.3) is 0 Å². The first kappa shape index (κ1) is 16.4. The number of hydrogen-bond donors (Lipinski definition) is 2. The lowest BCUT2D eigenvalue weighted by Gasteiger charge is -2.31. The van der Waals surface area contributed by atoms with Crippen LogP contribution >= 0.6 is 0 Å². The minimum atomic E-state index is -0.0660. The first-order valence-corrected chi connectivity index (χ1v) is 8.86. The highest BCUT2D eigenvalue weighted by molar-refractivity contribution is 5.89. The lowest BCUT2D eigenvalue weighted by Crippen LogP contribution is -2.40. The summed E-state index contributed by atoms with van der Waals surface area (Å²) in [5, 5.41) is 7.41. The van der Waals surface area contributed by atoms with Crippen molar-refractivity contribution in [3.8, 4) is 5.69 Å². The molecule has 26 heavy (non-hydrogen) atoms. The van der Waals surface area contributed by atoms with Crippen LogP contribution in [-0.4, -0.2) is 43.8 Å². The smallest absolute Gasteiger partial charge is 0.321 e. The van der Waals surface area contributed by atoms with Gasteiger partial charge in [-0.25, -0.2) is 14.5 Å². The van der Waals surface area contributed by atoms with Crippen molar-refractivity contribution >= 4 is 11.7 Å². The maximum atomic E-state index is 12.6. The molecule has 7 nitrogen and oxygen atoms in total. The normalized spacial score (nSPS) is 15.2. The number of hydrogen-bond acceptors (Lipinski definition) is 3. The van der Waals surface area contributed by atoms with Gasteiger partial charge >= 0.3 is 6.03 Å². The summed E-state index contributed by atoms with van der Waals surface area (Å²) in [6, 6.07) is 9.83. The Morgan fingerprint density at radius 3 is 2.65 bits per heavy atom. The second-order valence-electron chi connectivity index (χ2n) is 6.59. The summed E-state index contributed by atoms with van der Waals surface area (Å²) in [5.41, 5.74) is 3.79. The number of carbonyl (C=O) groups is 1. The van der Waals surface area contributed by atoms with Crippen LogP contribution in [0.25, 0.3) is 5.69 Å². The molecule has 0 bridgehead atoms. The zero-order valence-corrected chi connectivity index (χ0v) is 14.7. The molecule has 1 saturated heterocycles. The third-order valence-corrected chi connectivity index (χ3v) is 4.99. The van der Waals surface area contributed by atoms with Crippen LogP contribution in [0.15, 0.2) is 49.1 Å². The van der Waals surface area contributed by atoms with E-state index in [4.69, 9.17) is 0 Å². The molecule has 3 heterocycles. The number of benzene rings is 1. The summed E-state index contributed by atoms with van der Waals surface area (Å²) in [7, 11) is 0. The highest BCUT2D eigenvalue weighted by Crippen LogP contribution is 2.27. The Morgan fingerprint density at radius 2 is 1.96 bits per heavy atom. The van der Waals surface area contributed by atoms with Gasteiger partial charge in [0.05, 0.1) is 29.6 Å². The summed E-state index contributed by atoms with van der Waals surface area (Å²) >= 11 is 0. The van der Waals surface area contributed by atoms with Crippen molar-refractivity contribution < 1.29 is 4.79 Å². The maximum Gasteiger partial charge on any atom is 0.321 e. The summed E-state index contributed by atoms with van der Waals surface area (Å²) in [5.74, 6) is 0.448. The molecule has 2 amide bonds. The fourth-order valence-electron chi connectivity index (χ4n) is 3.44. The van der Waals surface area contributed by atoms with Gasteiger partial charge in [0.1, 0.15) is 0 Å². The molecule has 7 heteroatoms. The minimum Gasteiger partial charge on any atom is -0.348 e. The zero-order valence-electron chi connectivity index (χ0n) is 14.7. The number of nitrogens with zero attached hydrogens (tertiary/aromatic N) is 4. The number of nitrogens with one attached hydrogen (secondary N) is 2. The van der Waals surface area contributed by atoms with Gasteiger partial charge in [0.2, 0.25) is 0 Å². The van der Waals surface area contributed by atoms with E-state index in [-0.39, 0.29) is 6.03 Å². The summed E-state index contributed by atoms with van der Waals surface area (Å²) in [6.45, 7) is 3.43. The van der Waals surface area contributed by atoms with E-state index in [1.165, 1.54) is 0 Å². The van der Waals surface area contributed by atoms with Crippen molar-refractivity contribution in [3.63, 3.8) is 0 Å². The first-order chi connectivity index (χ1) is 12.7. The van der Waals surface area contributed by atoms with E-state index in [1.54, 1.807) is 12.5 Å². The van der Waals surface area contributed by atoms with E-state index in [1.807, 2.05) is 53.0 Å². The minimum absolute atomic E-state index is 0.0660. The molecule has 2 aromatic heterocycles. The van der Waals surface area contributed by atoms with Crippen LogP contribution in [0.4, 0.5) is 10.5 Å². The molecule has 0 saturated carbocycles. The Kier molecular flexibility index (Phi) is 4.43. The second kappa shape index (κ2) is 7.03. The number of H-pyrrole nitrogens is 1. The SMILES string of the molecule is Cc1c(NC(=O)N2CCC(c3cnc[nH]3)CC2)cnn1-c1ccccc1. The van der Waals surface area contributed by atoms with Crippen LogP contribution in [0.3, 0.4) is 0 Å². The maximum absolute atomic E-state index is 12.6. The molecule has 1 aliphatic heterocycles. The molecule has 1 aromatic carbocycles. The fourth-order valence-corrected chi connectivity index (χ4v) is 3.44. The van der Waals surface area contributed by atoms with Crippen LogP contribution < -0.4 is 5.32 Å². The number of anilines is 1. The van der Waals surface area contributed by atoms with Crippen LogP contribution in [-0.2, 0) is 0 Å². The number of amides is 2. The lowest BCUT2D eigenvalue weighted by atomic mass is 9.94. The van der Waals surface area contributed by atoms with Gasteiger partial charge in [-0.3, -0.25) is 0 Å². The van der Waals surface area contributed by atoms with E-state index in [9.17, 15) is 4.79 Å². The molecule has 2 N–H and O–H groups in total. The third kappa shape index (κ3) is 3.20. The van der Waals surface area contributed by atoms with Crippen molar-refractivity contribution in [1.82, 2.24) is 24.6 Å². The number of imidazole rings is 1. The van der Waals surface area contributed by atoms with E-state index in [0.29, 0.717) is 5.92 Å². The van der Waals surface area contributed by atoms with Crippen molar-refractivity contribution in [2.75, 3.05) is 18.4 Å². The van der Waals surface area contributed by atoms with Crippen molar-refractivity contribution in [3.05, 3.63) is 60.4 Å². The van der Waals surface area contributed by atoms with Crippen LogP contribution in [0.2, 0.25) is 0 Å². The topological polar surface area (TPSA) is 78.8 Å². The molecule has 0 radical (unpaired) electrons. The molecule has 3 aromatic rings. The average molecular weight is 350 g/mol. The highest BCUT2D eigenvalue weighted by atomic mass is 16.2. The standard InChI is InChI=1S/C19H22N6O/c1-14-17(12-22-25(14)16-5-3-2-4-6-16)23-19(26)24-9-7-15(8-10-24)18-11-20-13-21-18/h2-6,11-13,15H,7-10H2,1H3,(H,20,21)(H,23,26). The Hall–Kier alpha value is -3.09. The Morgan fingerprint density at radius 1 is 1.19 bits per heavy atom. The predicted molar refractivity (Wildman–Crippen MR) is 99.5 cm³/mol. The summed E-state index contributed by atoms with van der Waals surface area (Å²) < 4.78 is 1.83. The van der Waals surface area contributed by atoms with Gasteiger partial charge < -0.3 is 15.2 Å². The molecule has 4 rings (SSSR count). The molecule has 0 spiro atoms. The largest absolute Gasteiger partial charge is 0.348 e. The molecule has 134 valence electrons. The lowest BCUT2D eigenvalue weighted by molar-refractivity contribution is 0.194. The van der Waals surface area contributed by atoms with Gasteiger partial charge in [0, 0.05) is 30.9 Å². The van der Waals surface area contributed by atoms with E-state index >= 15 is 0 Å². The van der Waals surface area contributed by atoms with Crippen LogP contribution in [0.1, 0.15) is 30.1 Å². The number of aromatic nitrogens is 4. The Bertz CT molecular complexity index is 863. The number of carbonyl (C=O) groups excluding carboxylic acids is 1. The fraction of sp³-hybridized carbons (Fsp3) is 0.316. The van der Waals surface area contributed by atoms with Gasteiger partial charge in [-0.2, -0.15) is 5.10 Å².